The highest BCUT2D eigenvalue weighted by molar-refractivity contribution is 5.31. The van der Waals surface area contributed by atoms with Crippen LogP contribution in [0.25, 0.3) is 0 Å². The van der Waals surface area contributed by atoms with E-state index in [0.717, 1.165) is 43.6 Å². The Hall–Kier alpha value is -2.38. The first-order chi connectivity index (χ1) is 12.7. The number of hydrogen-bond donors (Lipinski definition) is 1. The second-order valence-electron chi connectivity index (χ2n) is 6.21. The van der Waals surface area contributed by atoms with Gasteiger partial charge in [-0.15, -0.1) is 0 Å². The molecule has 7 heteroatoms. The third-order valence-corrected chi connectivity index (χ3v) is 4.25. The quantitative estimate of drug-likeness (QED) is 0.765. The summed E-state index contributed by atoms with van der Waals surface area (Å²) in [7, 11) is 0. The van der Waals surface area contributed by atoms with Crippen molar-refractivity contribution in [3.63, 3.8) is 0 Å². The van der Waals surface area contributed by atoms with Crippen molar-refractivity contribution in [2.75, 3.05) is 50.8 Å². The molecular formula is C19H26N4O3. The first kappa shape index (κ1) is 18.4. The van der Waals surface area contributed by atoms with E-state index in [4.69, 9.17) is 9.47 Å². The third-order valence-electron chi connectivity index (χ3n) is 4.25. The first-order valence-electron chi connectivity index (χ1n) is 9.02. The Kier molecular flexibility index (Phi) is 6.62. The Morgan fingerprint density at radius 2 is 1.62 bits per heavy atom. The monoisotopic (exact) mass is 358 g/mol. The Balaban J connectivity index is 1.38. The van der Waals surface area contributed by atoms with Crippen LogP contribution in [0.4, 0.5) is 5.95 Å². The van der Waals surface area contributed by atoms with Gasteiger partial charge in [0.25, 0.3) is 0 Å². The number of β-amino-alcohol motifs (C(OH)–C–C–N with tert-alkyl or cyclic N) is 1. The van der Waals surface area contributed by atoms with Crippen LogP contribution in [0.5, 0.6) is 11.5 Å². The predicted molar refractivity (Wildman–Crippen MR) is 99.8 cm³/mol. The van der Waals surface area contributed by atoms with Crippen LogP contribution in [0.1, 0.15) is 6.92 Å². The molecule has 1 aromatic carbocycles. The van der Waals surface area contributed by atoms with Gasteiger partial charge in [-0.1, -0.05) is 0 Å². The lowest BCUT2D eigenvalue weighted by Crippen LogP contribution is -2.49. The van der Waals surface area contributed by atoms with E-state index in [9.17, 15) is 5.11 Å². The van der Waals surface area contributed by atoms with Crippen molar-refractivity contribution in [1.82, 2.24) is 14.9 Å². The zero-order valence-corrected chi connectivity index (χ0v) is 15.1. The van der Waals surface area contributed by atoms with Crippen molar-refractivity contribution in [1.29, 1.82) is 0 Å². The van der Waals surface area contributed by atoms with Gasteiger partial charge in [0.2, 0.25) is 5.95 Å². The fourth-order valence-electron chi connectivity index (χ4n) is 2.93. The molecule has 1 aliphatic heterocycles. The molecule has 1 atom stereocenters. The summed E-state index contributed by atoms with van der Waals surface area (Å²) >= 11 is 0. The predicted octanol–water partition coefficient (Wildman–Crippen LogP) is 1.44. The van der Waals surface area contributed by atoms with E-state index in [0.29, 0.717) is 13.2 Å². The lowest BCUT2D eigenvalue weighted by molar-refractivity contribution is 0.0662. The van der Waals surface area contributed by atoms with Gasteiger partial charge < -0.3 is 19.5 Å². The summed E-state index contributed by atoms with van der Waals surface area (Å²) in [4.78, 5) is 13.0. The fraction of sp³-hybridized carbons (Fsp3) is 0.474. The van der Waals surface area contributed by atoms with Gasteiger partial charge in [0, 0.05) is 45.1 Å². The summed E-state index contributed by atoms with van der Waals surface area (Å²) in [6.07, 6.45) is 2.99. The number of aliphatic hydroxyl groups excluding tert-OH is 1. The van der Waals surface area contributed by atoms with E-state index in [-0.39, 0.29) is 6.61 Å². The molecule has 0 saturated carbocycles. The molecule has 1 aliphatic rings. The van der Waals surface area contributed by atoms with E-state index in [1.54, 1.807) is 12.4 Å². The smallest absolute Gasteiger partial charge is 0.225 e. The molecule has 0 amide bonds. The van der Waals surface area contributed by atoms with Crippen molar-refractivity contribution >= 4 is 5.95 Å². The SMILES string of the molecule is CCOc1ccc(OCC(O)CN2CCN(c3ncccn3)CC2)cc1. The number of ether oxygens (including phenoxy) is 2. The number of anilines is 1. The molecule has 1 aromatic heterocycles. The molecule has 3 rings (SSSR count). The summed E-state index contributed by atoms with van der Waals surface area (Å²) in [6.45, 7) is 6.93. The van der Waals surface area contributed by atoms with Gasteiger partial charge in [-0.3, -0.25) is 4.90 Å². The second-order valence-corrected chi connectivity index (χ2v) is 6.21. The van der Waals surface area contributed by atoms with E-state index in [2.05, 4.69) is 19.8 Å². The van der Waals surface area contributed by atoms with Crippen molar-refractivity contribution in [2.24, 2.45) is 0 Å². The zero-order chi connectivity index (χ0) is 18.2. The molecule has 0 spiro atoms. The van der Waals surface area contributed by atoms with Crippen LogP contribution in [-0.2, 0) is 0 Å². The van der Waals surface area contributed by atoms with E-state index in [1.807, 2.05) is 37.3 Å². The molecule has 26 heavy (non-hydrogen) atoms. The molecule has 1 unspecified atom stereocenters. The molecule has 1 N–H and O–H groups in total. The van der Waals surface area contributed by atoms with Crippen LogP contribution in [0.2, 0.25) is 0 Å². The first-order valence-corrected chi connectivity index (χ1v) is 9.02. The number of aliphatic hydroxyl groups is 1. The number of hydrogen-bond acceptors (Lipinski definition) is 7. The molecule has 2 heterocycles. The van der Waals surface area contributed by atoms with Gasteiger partial charge in [0.05, 0.1) is 6.61 Å². The van der Waals surface area contributed by atoms with Crippen LogP contribution in [0, 0.1) is 0 Å². The fourth-order valence-corrected chi connectivity index (χ4v) is 2.93. The maximum Gasteiger partial charge on any atom is 0.225 e. The van der Waals surface area contributed by atoms with Gasteiger partial charge in [-0.2, -0.15) is 0 Å². The van der Waals surface area contributed by atoms with Gasteiger partial charge in [0.1, 0.15) is 24.2 Å². The van der Waals surface area contributed by atoms with Gasteiger partial charge in [0.15, 0.2) is 0 Å². The molecule has 140 valence electrons. The van der Waals surface area contributed by atoms with Crippen molar-refractivity contribution in [3.8, 4) is 11.5 Å². The van der Waals surface area contributed by atoms with Crippen LogP contribution >= 0.6 is 0 Å². The van der Waals surface area contributed by atoms with Crippen LogP contribution in [0.15, 0.2) is 42.7 Å². The van der Waals surface area contributed by atoms with E-state index in [1.165, 1.54) is 0 Å². The minimum atomic E-state index is -0.527. The van der Waals surface area contributed by atoms with Gasteiger partial charge >= 0.3 is 0 Å². The number of benzene rings is 1. The highest BCUT2D eigenvalue weighted by Crippen LogP contribution is 2.18. The number of nitrogens with zero attached hydrogens (tertiary/aromatic N) is 4. The third kappa shape index (κ3) is 5.31. The van der Waals surface area contributed by atoms with Crippen molar-refractivity contribution in [2.45, 2.75) is 13.0 Å². The van der Waals surface area contributed by atoms with Crippen LogP contribution in [0.3, 0.4) is 0 Å². The summed E-state index contributed by atoms with van der Waals surface area (Å²) in [5.41, 5.74) is 0. The van der Waals surface area contributed by atoms with Gasteiger partial charge in [-0.25, -0.2) is 9.97 Å². The normalized spacial score (nSPS) is 16.3. The molecule has 0 bridgehead atoms. The summed E-state index contributed by atoms with van der Waals surface area (Å²) in [5.74, 6) is 2.32. The van der Waals surface area contributed by atoms with Crippen molar-refractivity contribution < 1.29 is 14.6 Å². The number of rotatable bonds is 8. The molecule has 1 fully saturated rings. The Morgan fingerprint density at radius 1 is 1.00 bits per heavy atom. The second kappa shape index (κ2) is 9.35. The lowest BCUT2D eigenvalue weighted by Gasteiger charge is -2.35. The lowest BCUT2D eigenvalue weighted by atomic mass is 10.2. The van der Waals surface area contributed by atoms with Crippen molar-refractivity contribution in [3.05, 3.63) is 42.7 Å². The van der Waals surface area contributed by atoms with Gasteiger partial charge in [-0.05, 0) is 37.3 Å². The highest BCUT2D eigenvalue weighted by atomic mass is 16.5. The molecule has 0 aliphatic carbocycles. The summed E-state index contributed by atoms with van der Waals surface area (Å²) in [6, 6.07) is 9.28. The van der Waals surface area contributed by atoms with Crippen LogP contribution in [-0.4, -0.2) is 72.0 Å². The Bertz CT molecular complexity index is 646. The molecule has 2 aromatic rings. The Labute approximate surface area is 154 Å². The minimum absolute atomic E-state index is 0.274. The van der Waals surface area contributed by atoms with E-state index >= 15 is 0 Å². The number of piperazine rings is 1. The maximum absolute atomic E-state index is 10.3. The molecular weight excluding hydrogens is 332 g/mol. The number of aromatic nitrogens is 2. The average Bonchev–Trinajstić information content (AvgIpc) is 2.69. The standard InChI is InChI=1S/C19H26N4O3/c1-2-25-17-4-6-18(7-5-17)26-15-16(24)14-22-10-12-23(13-11-22)19-20-8-3-9-21-19/h3-9,16,24H,2,10-15H2,1H3. The summed E-state index contributed by atoms with van der Waals surface area (Å²) in [5, 5.41) is 10.3. The summed E-state index contributed by atoms with van der Waals surface area (Å²) < 4.78 is 11.1. The molecule has 7 nitrogen and oxygen atoms in total. The zero-order valence-electron chi connectivity index (χ0n) is 15.1. The topological polar surface area (TPSA) is 71.0 Å². The highest BCUT2D eigenvalue weighted by Gasteiger charge is 2.20. The minimum Gasteiger partial charge on any atom is -0.494 e. The molecule has 1 saturated heterocycles. The molecule has 0 radical (unpaired) electrons. The van der Waals surface area contributed by atoms with E-state index < -0.39 is 6.10 Å². The largest absolute Gasteiger partial charge is 0.494 e. The van der Waals surface area contributed by atoms with Crippen LogP contribution < -0.4 is 14.4 Å². The maximum atomic E-state index is 10.3. The average molecular weight is 358 g/mol. The Morgan fingerprint density at radius 3 is 2.23 bits per heavy atom.